The lowest BCUT2D eigenvalue weighted by atomic mass is 9.91. The number of para-hydroxylation sites is 1. The van der Waals surface area contributed by atoms with Crippen LogP contribution in [-0.4, -0.2) is 11.9 Å². The zero-order valence-corrected chi connectivity index (χ0v) is 31.2. The van der Waals surface area contributed by atoms with Crippen molar-refractivity contribution >= 4 is 45.3 Å². The topological polar surface area (TPSA) is 79.1 Å². The zero-order chi connectivity index (χ0) is 37.7. The molecular formula is C51H46N4. The first-order chi connectivity index (χ1) is 26.9. The maximum absolute atomic E-state index is 7.40. The Bertz CT molecular complexity index is 2510. The fourth-order valence-corrected chi connectivity index (χ4v) is 7.98. The highest BCUT2D eigenvalue weighted by molar-refractivity contribution is 6.07. The van der Waals surface area contributed by atoms with Crippen LogP contribution in [0.5, 0.6) is 0 Å². The molecule has 0 saturated heterocycles. The average Bonchev–Trinajstić information content (AvgIpc) is 3.57. The summed E-state index contributed by atoms with van der Waals surface area (Å²) < 4.78 is 0. The first kappa shape index (κ1) is 35.4. The summed E-state index contributed by atoms with van der Waals surface area (Å²) in [6.07, 6.45) is 21.4. The van der Waals surface area contributed by atoms with Crippen LogP contribution in [0.1, 0.15) is 53.5 Å². The molecule has 5 N–H and O–H groups in total. The first-order valence-corrected chi connectivity index (χ1v) is 19.1. The normalized spacial score (nSPS) is 16.9. The molecule has 6 aromatic carbocycles. The van der Waals surface area contributed by atoms with Crippen molar-refractivity contribution in [3.05, 3.63) is 209 Å². The summed E-state index contributed by atoms with van der Waals surface area (Å²) in [5, 5.41) is 9.56. The molecule has 0 radical (unpaired) electrons. The molecule has 4 heteroatoms. The molecule has 0 spiro atoms. The zero-order valence-electron chi connectivity index (χ0n) is 31.2. The van der Waals surface area contributed by atoms with E-state index in [1.807, 2.05) is 48.5 Å². The molecule has 0 saturated carbocycles. The van der Waals surface area contributed by atoms with Crippen molar-refractivity contribution in [2.24, 2.45) is 5.73 Å². The number of hydrogen-bond acceptors (Lipinski definition) is 3. The summed E-state index contributed by atoms with van der Waals surface area (Å²) in [6.45, 7) is 2.17. The van der Waals surface area contributed by atoms with Gasteiger partial charge in [0.1, 0.15) is 5.84 Å². The van der Waals surface area contributed by atoms with Gasteiger partial charge >= 0.3 is 0 Å². The Balaban J connectivity index is 0.000000277. The highest BCUT2D eigenvalue weighted by Gasteiger charge is 2.36. The Morgan fingerprint density at radius 2 is 1.53 bits per heavy atom. The van der Waals surface area contributed by atoms with Crippen LogP contribution in [-0.2, 0) is 6.42 Å². The van der Waals surface area contributed by atoms with Crippen LogP contribution in [0.3, 0.4) is 0 Å². The number of hydrogen-bond donors (Lipinski definition) is 3. The number of rotatable bonds is 7. The van der Waals surface area contributed by atoms with Gasteiger partial charge in [-0.2, -0.15) is 0 Å². The number of nitrogens with zero attached hydrogens (tertiary/aromatic N) is 1. The van der Waals surface area contributed by atoms with Gasteiger partial charge in [-0.1, -0.05) is 146 Å². The largest absolute Gasteiger partial charge is 0.398 e. The molecule has 1 aliphatic heterocycles. The van der Waals surface area contributed by atoms with Gasteiger partial charge in [0.2, 0.25) is 0 Å². The SMILES string of the molecule is C/C(=C\c1cc(-c2ccc(CC3=CCCC=C3)cc2)ccc1N)c1ccc(N2c3ccccc3C3C=CC=CC32)cc1.N=C(N)c1cccc2ccccc12. The molecule has 55 heavy (non-hydrogen) atoms. The predicted molar refractivity (Wildman–Crippen MR) is 235 cm³/mol. The van der Waals surface area contributed by atoms with Crippen molar-refractivity contribution < 1.29 is 0 Å². The van der Waals surface area contributed by atoms with E-state index in [1.54, 1.807) is 0 Å². The second kappa shape index (κ2) is 15.8. The molecule has 6 aromatic rings. The van der Waals surface area contributed by atoms with Gasteiger partial charge in [0.15, 0.2) is 0 Å². The minimum absolute atomic E-state index is 0.122. The van der Waals surface area contributed by atoms with Crippen molar-refractivity contribution in [2.75, 3.05) is 10.6 Å². The second-order valence-electron chi connectivity index (χ2n) is 14.5. The van der Waals surface area contributed by atoms with Crippen molar-refractivity contribution in [3.8, 4) is 11.1 Å². The van der Waals surface area contributed by atoms with Gasteiger partial charge < -0.3 is 16.4 Å². The quantitative estimate of drug-likeness (QED) is 0.0666. The molecule has 2 unspecified atom stereocenters. The molecule has 0 amide bonds. The number of anilines is 3. The summed E-state index contributed by atoms with van der Waals surface area (Å²) in [7, 11) is 0. The monoisotopic (exact) mass is 714 g/mol. The number of benzene rings is 6. The molecule has 270 valence electrons. The minimum atomic E-state index is 0.122. The van der Waals surface area contributed by atoms with E-state index in [9.17, 15) is 0 Å². The summed E-state index contributed by atoms with van der Waals surface area (Å²) in [6, 6.07) is 47.1. The van der Waals surface area contributed by atoms with Gasteiger partial charge in [0.25, 0.3) is 0 Å². The molecule has 9 rings (SSSR count). The number of amidine groups is 1. The van der Waals surface area contributed by atoms with E-state index in [1.165, 1.54) is 50.3 Å². The molecule has 0 aromatic heterocycles. The lowest BCUT2D eigenvalue weighted by molar-refractivity contribution is 0.745. The van der Waals surface area contributed by atoms with Gasteiger partial charge in [-0.3, -0.25) is 5.41 Å². The summed E-state index contributed by atoms with van der Waals surface area (Å²) >= 11 is 0. The van der Waals surface area contributed by atoms with Gasteiger partial charge in [0.05, 0.1) is 6.04 Å². The Morgan fingerprint density at radius 3 is 2.33 bits per heavy atom. The van der Waals surface area contributed by atoms with E-state index in [0.29, 0.717) is 12.0 Å². The van der Waals surface area contributed by atoms with E-state index < -0.39 is 0 Å². The highest BCUT2D eigenvalue weighted by Crippen LogP contribution is 2.47. The number of allylic oxidation sites excluding steroid dienone is 7. The maximum Gasteiger partial charge on any atom is 0.123 e. The molecule has 1 heterocycles. The third kappa shape index (κ3) is 7.58. The molecule has 4 nitrogen and oxygen atoms in total. The number of nitrogens with two attached hydrogens (primary N) is 2. The lowest BCUT2D eigenvalue weighted by Gasteiger charge is -2.28. The van der Waals surface area contributed by atoms with E-state index in [2.05, 4.69) is 145 Å². The molecule has 0 fully saturated rings. The van der Waals surface area contributed by atoms with E-state index in [0.717, 1.165) is 46.8 Å². The number of nitrogens with one attached hydrogen (secondary N) is 1. The van der Waals surface area contributed by atoms with E-state index >= 15 is 0 Å². The molecule has 2 atom stereocenters. The van der Waals surface area contributed by atoms with Crippen molar-refractivity contribution in [1.82, 2.24) is 0 Å². The third-order valence-electron chi connectivity index (χ3n) is 10.9. The van der Waals surface area contributed by atoms with Crippen LogP contribution in [0.4, 0.5) is 17.1 Å². The van der Waals surface area contributed by atoms with E-state index in [4.69, 9.17) is 16.9 Å². The maximum atomic E-state index is 7.40. The Kier molecular flexibility index (Phi) is 10.1. The van der Waals surface area contributed by atoms with Crippen LogP contribution < -0.4 is 16.4 Å². The molecule has 0 bridgehead atoms. The Hall–Kier alpha value is -6.65. The Labute approximate surface area is 324 Å². The fourth-order valence-electron chi connectivity index (χ4n) is 7.98. The molecule has 2 aliphatic carbocycles. The number of nitrogen functional groups attached to an aromatic ring is 2. The predicted octanol–water partition coefficient (Wildman–Crippen LogP) is 12.2. The fraction of sp³-hybridized carbons (Fsp3) is 0.118. The van der Waals surface area contributed by atoms with Crippen LogP contribution in [0.2, 0.25) is 0 Å². The van der Waals surface area contributed by atoms with Crippen molar-refractivity contribution in [1.29, 1.82) is 5.41 Å². The summed E-state index contributed by atoms with van der Waals surface area (Å²) in [4.78, 5) is 2.47. The highest BCUT2D eigenvalue weighted by atomic mass is 15.2. The van der Waals surface area contributed by atoms with Crippen LogP contribution >= 0.6 is 0 Å². The molecule has 3 aliphatic rings. The number of fused-ring (bicyclic) bond motifs is 4. The van der Waals surface area contributed by atoms with Crippen molar-refractivity contribution in [2.45, 2.75) is 38.1 Å². The minimum Gasteiger partial charge on any atom is -0.398 e. The standard InChI is InChI=1S/C40H36N2.C11H10N2/c1-28(31-19-22-35(23-20-31)42-39-13-7-5-11-36(39)37-12-6-8-14-40(37)42)25-34-27-33(21-24-38(34)41)32-17-15-30(16-18-32)26-29-9-3-2-4-10-29;12-11(13)10-7-3-5-8-4-1-2-6-9(8)10/h3,5-25,27,36,39H,2,4,26,41H2,1H3;1-7H,(H3,12,13)/b28-25+;. The van der Waals surface area contributed by atoms with Crippen molar-refractivity contribution in [3.63, 3.8) is 0 Å². The molecular weight excluding hydrogens is 669 g/mol. The van der Waals surface area contributed by atoms with Crippen LogP contribution in [0.15, 0.2) is 182 Å². The van der Waals surface area contributed by atoms with Gasteiger partial charge in [-0.25, -0.2) is 0 Å². The first-order valence-electron chi connectivity index (χ1n) is 19.1. The summed E-state index contributed by atoms with van der Waals surface area (Å²) in [5.74, 6) is 0.516. The lowest BCUT2D eigenvalue weighted by Crippen LogP contribution is -2.28. The van der Waals surface area contributed by atoms with Gasteiger partial charge in [0, 0.05) is 28.5 Å². The van der Waals surface area contributed by atoms with Crippen LogP contribution in [0.25, 0.3) is 33.5 Å². The van der Waals surface area contributed by atoms with Gasteiger partial charge in [-0.15, -0.1) is 0 Å². The van der Waals surface area contributed by atoms with Crippen LogP contribution in [0, 0.1) is 5.41 Å². The second-order valence-corrected chi connectivity index (χ2v) is 14.5. The van der Waals surface area contributed by atoms with E-state index in [-0.39, 0.29) is 5.84 Å². The van der Waals surface area contributed by atoms with Gasteiger partial charge in [-0.05, 0) is 118 Å². The third-order valence-corrected chi connectivity index (χ3v) is 10.9. The summed E-state index contributed by atoms with van der Waals surface area (Å²) in [5.41, 5.74) is 26.0. The Morgan fingerprint density at radius 1 is 0.782 bits per heavy atom. The average molecular weight is 715 g/mol. The smallest absolute Gasteiger partial charge is 0.123 e.